The molecule has 0 N–H and O–H groups in total. The van der Waals surface area contributed by atoms with E-state index in [1.165, 1.54) is 0 Å². The van der Waals surface area contributed by atoms with Crippen LogP contribution in [0.5, 0.6) is 5.75 Å². The van der Waals surface area contributed by atoms with Gasteiger partial charge in [0, 0.05) is 25.1 Å². The van der Waals surface area contributed by atoms with Crippen molar-refractivity contribution in [3.8, 4) is 16.9 Å². The van der Waals surface area contributed by atoms with Crippen LogP contribution in [0.25, 0.3) is 11.1 Å². The first-order valence-corrected chi connectivity index (χ1v) is 6.88. The molecule has 0 fully saturated rings. The number of rotatable bonds is 2. The quantitative estimate of drug-likeness (QED) is 0.669. The molecule has 0 aliphatic carbocycles. The molecule has 88 valence electrons. The molecular formula is C13H9Br2ClO. The van der Waals surface area contributed by atoms with Crippen LogP contribution in [0.15, 0.2) is 45.3 Å². The number of hydrogen-bond donors (Lipinski definition) is 0. The third kappa shape index (κ3) is 2.67. The van der Waals surface area contributed by atoms with Crippen molar-refractivity contribution in [3.05, 3.63) is 50.4 Å². The van der Waals surface area contributed by atoms with E-state index < -0.39 is 0 Å². The maximum absolute atomic E-state index is 6.04. The Kier molecular flexibility index (Phi) is 4.13. The predicted octanol–water partition coefficient (Wildman–Crippen LogP) is 5.54. The highest BCUT2D eigenvalue weighted by Gasteiger charge is 2.12. The van der Waals surface area contributed by atoms with E-state index in [0.717, 1.165) is 25.8 Å². The fourth-order valence-electron chi connectivity index (χ4n) is 1.63. The minimum Gasteiger partial charge on any atom is -0.496 e. The summed E-state index contributed by atoms with van der Waals surface area (Å²) in [6.07, 6.45) is 0. The highest BCUT2D eigenvalue weighted by atomic mass is 79.9. The smallest absolute Gasteiger partial charge is 0.126 e. The number of ether oxygens (including phenoxy) is 1. The Morgan fingerprint density at radius 2 is 1.71 bits per heavy atom. The summed E-state index contributed by atoms with van der Waals surface area (Å²) in [5, 5.41) is 0.684. The van der Waals surface area contributed by atoms with E-state index in [1.807, 2.05) is 36.4 Å². The van der Waals surface area contributed by atoms with E-state index in [2.05, 4.69) is 31.9 Å². The topological polar surface area (TPSA) is 9.23 Å². The maximum atomic E-state index is 6.04. The monoisotopic (exact) mass is 374 g/mol. The Balaban J connectivity index is 2.71. The van der Waals surface area contributed by atoms with Gasteiger partial charge in [0.15, 0.2) is 0 Å². The number of benzene rings is 2. The van der Waals surface area contributed by atoms with E-state index >= 15 is 0 Å². The molecular weight excluding hydrogens is 367 g/mol. The summed E-state index contributed by atoms with van der Waals surface area (Å²) >= 11 is 13.1. The van der Waals surface area contributed by atoms with Gasteiger partial charge in [-0.2, -0.15) is 0 Å². The van der Waals surface area contributed by atoms with Gasteiger partial charge in [0.1, 0.15) is 5.75 Å². The average Bonchev–Trinajstić information content (AvgIpc) is 2.29. The van der Waals surface area contributed by atoms with Gasteiger partial charge >= 0.3 is 0 Å². The van der Waals surface area contributed by atoms with Gasteiger partial charge < -0.3 is 4.74 Å². The fourth-order valence-corrected chi connectivity index (χ4v) is 3.23. The molecule has 0 heterocycles. The lowest BCUT2D eigenvalue weighted by Gasteiger charge is -2.12. The van der Waals surface area contributed by atoms with Gasteiger partial charge in [0.2, 0.25) is 0 Å². The van der Waals surface area contributed by atoms with Crippen LogP contribution in [0, 0.1) is 0 Å². The molecule has 0 unspecified atom stereocenters. The van der Waals surface area contributed by atoms with Crippen molar-refractivity contribution >= 4 is 43.5 Å². The molecule has 2 rings (SSSR count). The summed E-state index contributed by atoms with van der Waals surface area (Å²) in [6, 6.07) is 11.5. The summed E-state index contributed by atoms with van der Waals surface area (Å²) in [4.78, 5) is 0. The van der Waals surface area contributed by atoms with Crippen molar-refractivity contribution < 1.29 is 4.74 Å². The van der Waals surface area contributed by atoms with Crippen LogP contribution in [0.3, 0.4) is 0 Å². The first-order chi connectivity index (χ1) is 8.13. The molecule has 0 saturated heterocycles. The zero-order chi connectivity index (χ0) is 12.4. The fraction of sp³-hybridized carbons (Fsp3) is 0.0769. The molecule has 17 heavy (non-hydrogen) atoms. The van der Waals surface area contributed by atoms with Gasteiger partial charge in [-0.25, -0.2) is 0 Å². The largest absolute Gasteiger partial charge is 0.496 e. The second-order valence-corrected chi connectivity index (χ2v) is 5.59. The van der Waals surface area contributed by atoms with E-state index in [0.29, 0.717) is 5.02 Å². The average molecular weight is 376 g/mol. The zero-order valence-electron chi connectivity index (χ0n) is 9.01. The minimum absolute atomic E-state index is 0.684. The first kappa shape index (κ1) is 12.9. The van der Waals surface area contributed by atoms with E-state index in [-0.39, 0.29) is 0 Å². The lowest BCUT2D eigenvalue weighted by Crippen LogP contribution is -1.89. The third-order valence-electron chi connectivity index (χ3n) is 2.39. The highest BCUT2D eigenvalue weighted by molar-refractivity contribution is 9.11. The Morgan fingerprint density at radius 3 is 2.29 bits per heavy atom. The number of hydrogen-bond acceptors (Lipinski definition) is 1. The Bertz CT molecular complexity index is 535. The van der Waals surface area contributed by atoms with Crippen molar-refractivity contribution in [2.45, 2.75) is 0 Å². The Labute approximate surface area is 122 Å². The predicted molar refractivity (Wildman–Crippen MR) is 78.8 cm³/mol. The van der Waals surface area contributed by atoms with Gasteiger partial charge in [0.25, 0.3) is 0 Å². The van der Waals surface area contributed by atoms with E-state index in [1.54, 1.807) is 7.11 Å². The van der Waals surface area contributed by atoms with Crippen molar-refractivity contribution in [2.24, 2.45) is 0 Å². The molecule has 2 aromatic carbocycles. The Morgan fingerprint density at radius 1 is 1.06 bits per heavy atom. The molecule has 0 bridgehead atoms. The molecule has 0 amide bonds. The van der Waals surface area contributed by atoms with Crippen LogP contribution < -0.4 is 4.74 Å². The van der Waals surface area contributed by atoms with Crippen molar-refractivity contribution in [3.63, 3.8) is 0 Å². The molecule has 0 atom stereocenters. The summed E-state index contributed by atoms with van der Waals surface area (Å²) in [5.41, 5.74) is 1.99. The van der Waals surface area contributed by atoms with Gasteiger partial charge in [-0.15, -0.1) is 0 Å². The molecule has 0 aliphatic heterocycles. The minimum atomic E-state index is 0.684. The van der Waals surface area contributed by atoms with Crippen molar-refractivity contribution in [1.82, 2.24) is 0 Å². The van der Waals surface area contributed by atoms with Crippen LogP contribution in [0.4, 0.5) is 0 Å². The molecule has 4 heteroatoms. The summed E-state index contributed by atoms with van der Waals surface area (Å²) in [6.45, 7) is 0. The molecule has 1 nitrogen and oxygen atoms in total. The molecule has 0 spiro atoms. The van der Waals surface area contributed by atoms with Crippen LogP contribution in [0.1, 0.15) is 0 Å². The lowest BCUT2D eigenvalue weighted by atomic mass is 10.0. The van der Waals surface area contributed by atoms with Crippen LogP contribution >= 0.6 is 43.5 Å². The molecule has 0 saturated carbocycles. The number of methoxy groups -OCH3 is 1. The van der Waals surface area contributed by atoms with Crippen LogP contribution in [0.2, 0.25) is 5.02 Å². The van der Waals surface area contributed by atoms with Crippen LogP contribution in [-0.4, -0.2) is 7.11 Å². The van der Waals surface area contributed by atoms with Gasteiger partial charge in [0.05, 0.1) is 7.11 Å². The first-order valence-electron chi connectivity index (χ1n) is 4.91. The maximum Gasteiger partial charge on any atom is 0.126 e. The molecule has 2 aromatic rings. The highest BCUT2D eigenvalue weighted by Crippen LogP contribution is 2.40. The Hall–Kier alpha value is -0.510. The van der Waals surface area contributed by atoms with Gasteiger partial charge in [-0.1, -0.05) is 49.5 Å². The SMILES string of the molecule is COc1ccc(Cl)cc1-c1c(Br)cccc1Br. The zero-order valence-corrected chi connectivity index (χ0v) is 12.9. The lowest BCUT2D eigenvalue weighted by molar-refractivity contribution is 0.416. The molecule has 0 aliphatic rings. The normalized spacial score (nSPS) is 10.4. The van der Waals surface area contributed by atoms with Gasteiger partial charge in [-0.05, 0) is 30.3 Å². The summed E-state index contributed by atoms with van der Waals surface area (Å²) in [7, 11) is 1.65. The summed E-state index contributed by atoms with van der Waals surface area (Å²) < 4.78 is 7.35. The second kappa shape index (κ2) is 5.42. The van der Waals surface area contributed by atoms with Gasteiger partial charge in [-0.3, -0.25) is 0 Å². The van der Waals surface area contributed by atoms with Crippen LogP contribution in [-0.2, 0) is 0 Å². The van der Waals surface area contributed by atoms with E-state index in [4.69, 9.17) is 16.3 Å². The van der Waals surface area contributed by atoms with E-state index in [9.17, 15) is 0 Å². The standard InChI is InChI=1S/C13H9Br2ClO/c1-17-12-6-5-8(16)7-9(12)13-10(14)3-2-4-11(13)15/h2-7H,1H3. The van der Waals surface area contributed by atoms with Crippen molar-refractivity contribution in [2.75, 3.05) is 7.11 Å². The molecule has 0 aromatic heterocycles. The third-order valence-corrected chi connectivity index (χ3v) is 3.95. The summed E-state index contributed by atoms with van der Waals surface area (Å²) in [5.74, 6) is 0.794. The number of halogens is 3. The molecule has 0 radical (unpaired) electrons. The second-order valence-electron chi connectivity index (χ2n) is 3.44. The van der Waals surface area contributed by atoms with Crippen molar-refractivity contribution in [1.29, 1.82) is 0 Å².